The van der Waals surface area contributed by atoms with Crippen molar-refractivity contribution in [1.29, 1.82) is 0 Å². The highest BCUT2D eigenvalue weighted by molar-refractivity contribution is 14.2. The van der Waals surface area contributed by atoms with E-state index in [-0.39, 0.29) is 0 Å². The minimum atomic E-state index is 0.643. The SMILES string of the molecule is C=C(C)/C=C\C.C=C/C=C\C(=C)OC.C=CC.CC.SI.c1cc2c(c(-n3c4ccccc4c4ccccc43)c1)Cc1ccc(-c3ccc4oc5c(-n6c7ccccc7c7ccccc76)cccc5c4c3)cc1-2. The van der Waals surface area contributed by atoms with E-state index in [1.54, 1.807) is 31.4 Å². The maximum Gasteiger partial charge on any atom is 0.159 e. The number of nitrogens with zero attached hydrogens (tertiary/aromatic N) is 2. The van der Waals surface area contributed by atoms with Crippen LogP contribution in [0.4, 0.5) is 0 Å². The lowest BCUT2D eigenvalue weighted by atomic mass is 9.97. The van der Waals surface area contributed by atoms with Crippen LogP contribution in [0.1, 0.15) is 45.7 Å². The van der Waals surface area contributed by atoms with E-state index in [2.05, 4.69) is 215 Å². The van der Waals surface area contributed by atoms with Gasteiger partial charge in [0.1, 0.15) is 11.3 Å². The molecule has 0 amide bonds. The Morgan fingerprint density at radius 2 is 1.05 bits per heavy atom. The number of fused-ring (bicyclic) bond motifs is 12. The molecule has 0 N–H and O–H groups in total. The molecule has 73 heavy (non-hydrogen) atoms. The molecule has 0 radical (unpaired) electrons. The third-order valence-corrected chi connectivity index (χ3v) is 12.5. The fraction of sp³-hybridized carbons (Fsp3) is 0.104. The highest BCUT2D eigenvalue weighted by Crippen LogP contribution is 2.45. The van der Waals surface area contributed by atoms with E-state index in [1.807, 2.05) is 68.0 Å². The second-order valence-electron chi connectivity index (χ2n) is 17.1. The van der Waals surface area contributed by atoms with Crippen molar-refractivity contribution >= 4 is 96.6 Å². The highest BCUT2D eigenvalue weighted by atomic mass is 127. The summed E-state index contributed by atoms with van der Waals surface area (Å²) in [7, 11) is 5.08. The molecule has 0 atom stereocenters. The van der Waals surface area contributed by atoms with E-state index < -0.39 is 0 Å². The third-order valence-electron chi connectivity index (χ3n) is 12.5. The Morgan fingerprint density at radius 1 is 0.575 bits per heavy atom. The Kier molecular flexibility index (Phi) is 18.4. The molecule has 12 rings (SSSR count). The lowest BCUT2D eigenvalue weighted by Gasteiger charge is -2.13. The van der Waals surface area contributed by atoms with Gasteiger partial charge in [-0.3, -0.25) is 0 Å². The van der Waals surface area contributed by atoms with Gasteiger partial charge in [0.05, 0.1) is 40.6 Å². The summed E-state index contributed by atoms with van der Waals surface area (Å²) < 4.78 is 16.2. The molecule has 11 aromatic rings. The van der Waals surface area contributed by atoms with Crippen molar-refractivity contribution in [3.05, 3.63) is 255 Å². The summed E-state index contributed by atoms with van der Waals surface area (Å²) in [5.74, 6) is 0.643. The molecule has 0 saturated heterocycles. The van der Waals surface area contributed by atoms with E-state index in [0.29, 0.717) is 5.76 Å². The van der Waals surface area contributed by atoms with Crippen molar-refractivity contribution in [1.82, 2.24) is 9.13 Å². The molecule has 1 aliphatic rings. The molecule has 4 nitrogen and oxygen atoms in total. The van der Waals surface area contributed by atoms with Crippen LogP contribution in [0.2, 0.25) is 0 Å². The van der Waals surface area contributed by atoms with E-state index in [9.17, 15) is 0 Å². The van der Waals surface area contributed by atoms with E-state index in [4.69, 9.17) is 9.15 Å². The fourth-order valence-corrected chi connectivity index (χ4v) is 9.60. The van der Waals surface area contributed by atoms with Gasteiger partial charge in [0.2, 0.25) is 0 Å². The number of rotatable bonds is 7. The molecule has 1 aliphatic carbocycles. The number of thiol groups is 1. The second kappa shape index (κ2) is 25.2. The summed E-state index contributed by atoms with van der Waals surface area (Å²) in [4.78, 5) is 0. The molecule has 0 unspecified atom stereocenters. The smallest absolute Gasteiger partial charge is 0.159 e. The number of para-hydroxylation sites is 5. The summed E-state index contributed by atoms with van der Waals surface area (Å²) in [6.07, 6.45) is 11.8. The standard InChI is InChI=1S/C49H30N2O.C7H10O.C6H10.C3H6.C2H6.HIS/c1-5-17-42-34(11-1)35-12-2-6-18-43(35)50(42)46-21-9-15-33-39-27-30(23-24-32(39)29-40(33)46)31-25-26-48-41(28-31)38-16-10-22-47(49(38)52-48)51-44-19-7-3-13-36(44)37-14-4-8-20-45(37)51;1-4-5-6-7(2)8-3;1-4-5-6(2)3;1-3-2;2*1-2/h1-28H,29H2;4-6H,1-2H2,3H3;4-5H,2H2,1,3H3;3H,1H2,2H3;1-2H3;2H/b;6-5-;5-4-;;;. The molecule has 366 valence electrons. The number of allylic oxidation sites excluding steroid dienone is 7. The van der Waals surface area contributed by atoms with Crippen LogP contribution in [0.15, 0.2) is 248 Å². The largest absolute Gasteiger partial charge is 0.497 e. The van der Waals surface area contributed by atoms with Crippen LogP contribution in [0.3, 0.4) is 0 Å². The van der Waals surface area contributed by atoms with Gasteiger partial charge in [0.25, 0.3) is 0 Å². The van der Waals surface area contributed by atoms with Gasteiger partial charge in [-0.2, -0.15) is 0 Å². The predicted molar refractivity (Wildman–Crippen MR) is 331 cm³/mol. The minimum absolute atomic E-state index is 0.643. The van der Waals surface area contributed by atoms with Crippen LogP contribution in [0.5, 0.6) is 0 Å². The van der Waals surface area contributed by atoms with Crippen molar-refractivity contribution in [2.24, 2.45) is 0 Å². The Bertz CT molecular complexity index is 3720. The van der Waals surface area contributed by atoms with Gasteiger partial charge in [-0.15, -0.1) is 16.4 Å². The lowest BCUT2D eigenvalue weighted by Crippen LogP contribution is -1.98. The van der Waals surface area contributed by atoms with E-state index in [0.717, 1.165) is 39.6 Å². The number of furan rings is 1. The van der Waals surface area contributed by atoms with Gasteiger partial charge in [-0.05, 0) is 136 Å². The molecule has 3 aromatic heterocycles. The first-order valence-corrected chi connectivity index (χ1v) is 27.8. The monoisotopic (exact) mass is 1090 g/mol. The van der Waals surface area contributed by atoms with Crippen LogP contribution in [-0.2, 0) is 11.2 Å². The van der Waals surface area contributed by atoms with Gasteiger partial charge in [0, 0.05) is 38.7 Å². The number of hydrogen-bond donors (Lipinski definition) is 1. The summed E-state index contributed by atoms with van der Waals surface area (Å²) in [5.41, 5.74) is 17.9. The van der Waals surface area contributed by atoms with Crippen LogP contribution in [-0.4, -0.2) is 16.2 Å². The molecule has 0 aliphatic heterocycles. The zero-order chi connectivity index (χ0) is 52.0. The molecule has 6 heteroatoms. The molecular weight excluding hydrogens is 1020 g/mol. The summed E-state index contributed by atoms with van der Waals surface area (Å²) in [6.45, 7) is 23.9. The van der Waals surface area contributed by atoms with Crippen molar-refractivity contribution in [2.75, 3.05) is 7.11 Å². The number of aromatic nitrogens is 2. The summed E-state index contributed by atoms with van der Waals surface area (Å²) in [6, 6.07) is 61.8. The average molecular weight is 1090 g/mol. The Labute approximate surface area is 448 Å². The third kappa shape index (κ3) is 11.0. The van der Waals surface area contributed by atoms with Crippen LogP contribution < -0.4 is 0 Å². The number of hydrogen-bond acceptors (Lipinski definition) is 3. The highest BCUT2D eigenvalue weighted by Gasteiger charge is 2.25. The van der Waals surface area contributed by atoms with Crippen LogP contribution >= 0.6 is 31.0 Å². The maximum absolute atomic E-state index is 6.70. The lowest BCUT2D eigenvalue weighted by molar-refractivity contribution is 0.309. The van der Waals surface area contributed by atoms with Gasteiger partial charge in [0.15, 0.2) is 5.58 Å². The van der Waals surface area contributed by atoms with Gasteiger partial charge in [-0.1, -0.05) is 185 Å². The fourth-order valence-electron chi connectivity index (χ4n) is 9.60. The molecule has 8 aromatic carbocycles. The first-order chi connectivity index (χ1) is 35.8. The normalized spacial score (nSPS) is 11.1. The molecule has 0 spiro atoms. The summed E-state index contributed by atoms with van der Waals surface area (Å²) >= 11 is 1.84. The van der Waals surface area contributed by atoms with Gasteiger partial charge < -0.3 is 18.3 Å². The second-order valence-corrected chi connectivity index (χ2v) is 17.1. The Balaban J connectivity index is 0.000000320. The molecule has 0 fully saturated rings. The minimum Gasteiger partial charge on any atom is -0.497 e. The predicted octanol–water partition coefficient (Wildman–Crippen LogP) is 20.5. The van der Waals surface area contributed by atoms with Gasteiger partial charge >= 0.3 is 0 Å². The molecule has 0 bridgehead atoms. The molecule has 3 heterocycles. The van der Waals surface area contributed by atoms with Crippen LogP contribution in [0.25, 0.3) is 99.2 Å². The van der Waals surface area contributed by atoms with E-state index in [1.165, 1.54) is 82.7 Å². The van der Waals surface area contributed by atoms with Crippen molar-refractivity contribution < 1.29 is 9.15 Å². The molecular formula is C67H63IN2O2S. The number of ether oxygens (including phenoxy) is 1. The maximum atomic E-state index is 6.70. The first kappa shape index (κ1) is 53.3. The van der Waals surface area contributed by atoms with Crippen LogP contribution in [0, 0.1) is 0 Å². The van der Waals surface area contributed by atoms with Crippen molar-refractivity contribution in [3.63, 3.8) is 0 Å². The Morgan fingerprint density at radius 3 is 1.56 bits per heavy atom. The summed E-state index contributed by atoms with van der Waals surface area (Å²) in [5, 5.41) is 7.32. The van der Waals surface area contributed by atoms with Crippen molar-refractivity contribution in [2.45, 2.75) is 41.0 Å². The quantitative estimate of drug-likeness (QED) is 0.0567. The Hall–Kier alpha value is -7.52. The van der Waals surface area contributed by atoms with Gasteiger partial charge in [-0.25, -0.2) is 0 Å². The van der Waals surface area contributed by atoms with Crippen molar-refractivity contribution in [3.8, 4) is 33.6 Å². The topological polar surface area (TPSA) is 32.2 Å². The van der Waals surface area contributed by atoms with E-state index >= 15 is 0 Å². The zero-order valence-corrected chi connectivity index (χ0v) is 45.8. The molecule has 0 saturated carbocycles. The average Bonchev–Trinajstić information content (AvgIpc) is 4.19. The number of halogens is 1. The zero-order valence-electron chi connectivity index (χ0n) is 42.7. The first-order valence-electron chi connectivity index (χ1n) is 24.5. The number of methoxy groups -OCH3 is 1. The number of benzene rings is 8.